The maximum absolute atomic E-state index is 13.4. The molecule has 0 radical (unpaired) electrons. The molecule has 3 aromatic heterocycles. The van der Waals surface area contributed by atoms with Crippen molar-refractivity contribution in [3.63, 3.8) is 0 Å². The molecule has 0 amide bonds. The second-order valence-electron chi connectivity index (χ2n) is 7.93. The first-order chi connectivity index (χ1) is 16.0. The summed E-state index contributed by atoms with van der Waals surface area (Å²) in [4.78, 5) is 26.6. The average molecular weight is 467 g/mol. The number of nitrogens with zero attached hydrogens (tertiary/aromatic N) is 5. The zero-order valence-corrected chi connectivity index (χ0v) is 19.1. The second-order valence-corrected chi connectivity index (χ2v) is 8.33. The van der Waals surface area contributed by atoms with E-state index in [0.29, 0.717) is 58.1 Å². The van der Waals surface area contributed by atoms with Gasteiger partial charge < -0.3 is 14.6 Å². The molecule has 5 rings (SSSR count). The van der Waals surface area contributed by atoms with Crippen molar-refractivity contribution in [3.8, 4) is 22.5 Å². The van der Waals surface area contributed by atoms with Crippen molar-refractivity contribution in [1.82, 2.24) is 24.7 Å². The van der Waals surface area contributed by atoms with Gasteiger partial charge in [0, 0.05) is 59.9 Å². The molecule has 1 aliphatic rings. The number of halogens is 1. The molecule has 0 saturated carbocycles. The minimum Gasteiger partial charge on any atom is -0.376 e. The van der Waals surface area contributed by atoms with E-state index in [1.54, 1.807) is 35.9 Å². The van der Waals surface area contributed by atoms with E-state index >= 15 is 0 Å². The normalized spacial score (nSPS) is 15.9. The van der Waals surface area contributed by atoms with Gasteiger partial charge in [0.15, 0.2) is 0 Å². The molecule has 1 atom stereocenters. The Hall–Kier alpha value is -3.30. The van der Waals surface area contributed by atoms with Crippen LogP contribution in [0.15, 0.2) is 39.8 Å². The van der Waals surface area contributed by atoms with Gasteiger partial charge in [0.05, 0.1) is 6.10 Å². The number of hydrogen-bond donors (Lipinski definition) is 1. The van der Waals surface area contributed by atoms with Crippen LogP contribution in [0.3, 0.4) is 0 Å². The van der Waals surface area contributed by atoms with E-state index < -0.39 is 0 Å². The smallest absolute Gasteiger partial charge is 0.260 e. The number of aryl methyl sites for hydroxylation is 2. The van der Waals surface area contributed by atoms with Crippen LogP contribution in [-0.2, 0) is 11.3 Å². The molecule has 0 spiro atoms. The fourth-order valence-electron chi connectivity index (χ4n) is 4.03. The van der Waals surface area contributed by atoms with Crippen LogP contribution >= 0.6 is 11.6 Å². The molecule has 1 unspecified atom stereocenters. The third-order valence-corrected chi connectivity index (χ3v) is 6.01. The van der Waals surface area contributed by atoms with Gasteiger partial charge in [-0.1, -0.05) is 28.9 Å². The lowest BCUT2D eigenvalue weighted by Gasteiger charge is -2.14. The van der Waals surface area contributed by atoms with Gasteiger partial charge in [-0.05, 0) is 31.9 Å². The van der Waals surface area contributed by atoms with Crippen molar-refractivity contribution in [1.29, 1.82) is 0 Å². The average Bonchev–Trinajstić information content (AvgIpc) is 3.49. The van der Waals surface area contributed by atoms with E-state index in [2.05, 4.69) is 25.4 Å². The number of anilines is 1. The number of benzene rings is 1. The zero-order chi connectivity index (χ0) is 22.9. The Kier molecular flexibility index (Phi) is 5.82. The molecule has 4 heterocycles. The number of aromatic nitrogens is 5. The van der Waals surface area contributed by atoms with E-state index in [4.69, 9.17) is 20.9 Å². The standard InChI is InChI=1S/C23H23ClN6O3/c1-3-30-21-15(11-25-23(28-21)26-12-16-5-4-8-32-16)9-18(22(30)31)17-7-6-14(10-19(17)24)20-27-13(2)33-29-20/h6-7,9-11,16H,3-5,8,12H2,1-2H3,(H,25,26,28). The van der Waals surface area contributed by atoms with Gasteiger partial charge >= 0.3 is 0 Å². The highest BCUT2D eigenvalue weighted by atomic mass is 35.5. The topological polar surface area (TPSA) is 108 Å². The van der Waals surface area contributed by atoms with Gasteiger partial charge in [-0.2, -0.15) is 9.97 Å². The highest BCUT2D eigenvalue weighted by Gasteiger charge is 2.18. The van der Waals surface area contributed by atoms with E-state index in [1.807, 2.05) is 13.0 Å². The predicted molar refractivity (Wildman–Crippen MR) is 125 cm³/mol. The molecule has 1 fully saturated rings. The highest BCUT2D eigenvalue weighted by molar-refractivity contribution is 6.33. The quantitative estimate of drug-likeness (QED) is 0.452. The molecule has 33 heavy (non-hydrogen) atoms. The van der Waals surface area contributed by atoms with Crippen LogP contribution in [0.5, 0.6) is 0 Å². The number of pyridine rings is 1. The fourth-order valence-corrected chi connectivity index (χ4v) is 4.31. The van der Waals surface area contributed by atoms with Crippen LogP contribution in [0.25, 0.3) is 33.5 Å². The van der Waals surface area contributed by atoms with Gasteiger partial charge in [0.25, 0.3) is 5.56 Å². The number of fused-ring (bicyclic) bond motifs is 1. The minimum absolute atomic E-state index is 0.168. The highest BCUT2D eigenvalue weighted by Crippen LogP contribution is 2.31. The lowest BCUT2D eigenvalue weighted by atomic mass is 10.0. The van der Waals surface area contributed by atoms with Crippen LogP contribution in [-0.4, -0.2) is 43.9 Å². The van der Waals surface area contributed by atoms with Crippen molar-refractivity contribution >= 4 is 28.6 Å². The molecule has 9 nitrogen and oxygen atoms in total. The lowest BCUT2D eigenvalue weighted by Crippen LogP contribution is -2.23. The zero-order valence-electron chi connectivity index (χ0n) is 18.3. The minimum atomic E-state index is -0.168. The summed E-state index contributed by atoms with van der Waals surface area (Å²) in [5.41, 5.74) is 2.22. The van der Waals surface area contributed by atoms with Crippen molar-refractivity contribution in [2.24, 2.45) is 0 Å². The number of hydrogen-bond acceptors (Lipinski definition) is 8. The summed E-state index contributed by atoms with van der Waals surface area (Å²) in [6.07, 6.45) is 3.98. The van der Waals surface area contributed by atoms with Crippen molar-refractivity contribution in [2.45, 2.75) is 39.3 Å². The van der Waals surface area contributed by atoms with E-state index in [1.165, 1.54) is 0 Å². The summed E-state index contributed by atoms with van der Waals surface area (Å²) >= 11 is 6.58. The van der Waals surface area contributed by atoms with Crippen molar-refractivity contribution < 1.29 is 9.26 Å². The molecular weight excluding hydrogens is 444 g/mol. The lowest BCUT2D eigenvalue weighted by molar-refractivity contribution is 0.120. The molecule has 170 valence electrons. The summed E-state index contributed by atoms with van der Waals surface area (Å²) in [6.45, 7) is 5.53. The molecule has 10 heteroatoms. The Morgan fingerprint density at radius 3 is 2.82 bits per heavy atom. The number of nitrogens with one attached hydrogen (secondary N) is 1. The molecular formula is C23H23ClN6O3. The van der Waals surface area contributed by atoms with Gasteiger partial charge in [-0.25, -0.2) is 4.98 Å². The Morgan fingerprint density at radius 2 is 2.12 bits per heavy atom. The third-order valence-electron chi connectivity index (χ3n) is 5.70. The Morgan fingerprint density at radius 1 is 1.24 bits per heavy atom. The van der Waals surface area contributed by atoms with Gasteiger partial charge in [-0.15, -0.1) is 0 Å². The van der Waals surface area contributed by atoms with E-state index in [-0.39, 0.29) is 11.7 Å². The number of rotatable bonds is 6. The van der Waals surface area contributed by atoms with E-state index in [9.17, 15) is 4.79 Å². The third kappa shape index (κ3) is 4.21. The molecule has 1 aromatic carbocycles. The van der Waals surface area contributed by atoms with Crippen LogP contribution in [0.1, 0.15) is 25.7 Å². The van der Waals surface area contributed by atoms with Gasteiger partial charge in [-0.3, -0.25) is 9.36 Å². The largest absolute Gasteiger partial charge is 0.376 e. The summed E-state index contributed by atoms with van der Waals surface area (Å²) in [5.74, 6) is 1.39. The maximum atomic E-state index is 13.4. The Balaban J connectivity index is 1.51. The van der Waals surface area contributed by atoms with Gasteiger partial charge in [0.2, 0.25) is 17.7 Å². The van der Waals surface area contributed by atoms with Crippen molar-refractivity contribution in [2.75, 3.05) is 18.5 Å². The molecule has 4 aromatic rings. The summed E-state index contributed by atoms with van der Waals surface area (Å²) < 4.78 is 12.3. The molecule has 0 bridgehead atoms. The van der Waals surface area contributed by atoms with Crippen LogP contribution < -0.4 is 10.9 Å². The monoisotopic (exact) mass is 466 g/mol. The van der Waals surface area contributed by atoms with Gasteiger partial charge in [0.1, 0.15) is 5.65 Å². The first kappa shape index (κ1) is 21.5. The van der Waals surface area contributed by atoms with Crippen LogP contribution in [0, 0.1) is 6.92 Å². The SMILES string of the molecule is CCn1c(=O)c(-c2ccc(-c3noc(C)n3)cc2Cl)cc2cnc(NCC3CCCO3)nc21. The first-order valence-electron chi connectivity index (χ1n) is 10.9. The van der Waals surface area contributed by atoms with Crippen molar-refractivity contribution in [3.05, 3.63) is 51.7 Å². The first-order valence-corrected chi connectivity index (χ1v) is 11.3. The summed E-state index contributed by atoms with van der Waals surface area (Å²) in [5, 5.41) is 8.32. The van der Waals surface area contributed by atoms with E-state index in [0.717, 1.165) is 24.8 Å². The summed E-state index contributed by atoms with van der Waals surface area (Å²) in [6, 6.07) is 7.13. The Bertz CT molecular complexity index is 1380. The molecule has 0 aliphatic carbocycles. The molecule has 1 N–H and O–H groups in total. The summed E-state index contributed by atoms with van der Waals surface area (Å²) in [7, 11) is 0. The maximum Gasteiger partial charge on any atom is 0.260 e. The molecule has 1 saturated heterocycles. The van der Waals surface area contributed by atoms with Crippen LogP contribution in [0.4, 0.5) is 5.95 Å². The number of ether oxygens (including phenoxy) is 1. The van der Waals surface area contributed by atoms with Crippen LogP contribution in [0.2, 0.25) is 5.02 Å². The fraction of sp³-hybridized carbons (Fsp3) is 0.348. The Labute approximate surface area is 194 Å². The molecule has 1 aliphatic heterocycles. The predicted octanol–water partition coefficient (Wildman–Crippen LogP) is 4.08. The second kappa shape index (κ2) is 8.92.